The largest absolute Gasteiger partial charge is 0.300 e. The molecule has 5 rings (SSSR count). The van der Waals surface area contributed by atoms with Crippen LogP contribution in [0.2, 0.25) is 0 Å². The highest BCUT2D eigenvalue weighted by molar-refractivity contribution is 7.98. The monoisotopic (exact) mass is 369 g/mol. The number of hydrogen-bond donors (Lipinski definition) is 0. The minimum absolute atomic E-state index is 0. The van der Waals surface area contributed by atoms with E-state index in [-0.39, 0.29) is 12.4 Å². The van der Waals surface area contributed by atoms with Gasteiger partial charge in [0.1, 0.15) is 0 Å². The maximum Gasteiger partial charge on any atom is 0.0238 e. The predicted octanol–water partition coefficient (Wildman–Crippen LogP) is 5.77. The van der Waals surface area contributed by atoms with Gasteiger partial charge in [-0.05, 0) is 61.1 Å². The zero-order chi connectivity index (χ0) is 16.1. The van der Waals surface area contributed by atoms with Crippen LogP contribution >= 0.6 is 24.2 Å². The molecule has 3 aliphatic rings. The van der Waals surface area contributed by atoms with Gasteiger partial charge in [-0.3, -0.25) is 4.90 Å². The van der Waals surface area contributed by atoms with Crippen LogP contribution in [-0.2, 0) is 5.75 Å². The molecule has 1 nitrogen and oxygen atoms in total. The molecule has 25 heavy (non-hydrogen) atoms. The third-order valence-electron chi connectivity index (χ3n) is 6.13. The number of nitrogens with zero attached hydrogens (tertiary/aromatic N) is 1. The van der Waals surface area contributed by atoms with Crippen molar-refractivity contribution in [2.45, 2.75) is 48.4 Å². The summed E-state index contributed by atoms with van der Waals surface area (Å²) >= 11 is 1.99. The minimum atomic E-state index is 0. The van der Waals surface area contributed by atoms with Crippen molar-refractivity contribution in [1.82, 2.24) is 4.90 Å². The number of hydrogen-bond acceptors (Lipinski definition) is 2. The lowest BCUT2D eigenvalue weighted by Crippen LogP contribution is -2.37. The van der Waals surface area contributed by atoms with Crippen LogP contribution in [0.1, 0.15) is 42.4 Å². The molecule has 2 aromatic rings. The van der Waals surface area contributed by atoms with Crippen molar-refractivity contribution in [3.63, 3.8) is 0 Å². The molecule has 2 bridgehead atoms. The Hall–Kier alpha value is -1.22. The van der Waals surface area contributed by atoms with Gasteiger partial charge in [-0.15, -0.1) is 24.2 Å². The second kappa shape index (κ2) is 6.83. The van der Waals surface area contributed by atoms with Gasteiger partial charge in [0.15, 0.2) is 0 Å². The normalized spacial score (nSPS) is 27.9. The van der Waals surface area contributed by atoms with Crippen molar-refractivity contribution >= 4 is 29.7 Å². The van der Waals surface area contributed by atoms with E-state index in [2.05, 4.69) is 60.5 Å². The molecule has 0 amide bonds. The Balaban J connectivity index is 0.00000157. The Morgan fingerprint density at radius 1 is 0.880 bits per heavy atom. The molecular formula is C22H24ClNS. The molecule has 0 N–H and O–H groups in total. The summed E-state index contributed by atoms with van der Waals surface area (Å²) in [5.74, 6) is 1.08. The van der Waals surface area contributed by atoms with Gasteiger partial charge in [0.2, 0.25) is 0 Å². The van der Waals surface area contributed by atoms with Gasteiger partial charge in [-0.1, -0.05) is 48.0 Å². The van der Waals surface area contributed by atoms with Crippen molar-refractivity contribution in [3.8, 4) is 0 Å². The molecular weight excluding hydrogens is 346 g/mol. The van der Waals surface area contributed by atoms with Crippen LogP contribution in [-0.4, -0.2) is 24.0 Å². The molecule has 0 saturated carbocycles. The van der Waals surface area contributed by atoms with E-state index in [0.29, 0.717) is 0 Å². The fourth-order valence-corrected chi connectivity index (χ4v) is 5.87. The van der Waals surface area contributed by atoms with Crippen molar-refractivity contribution < 1.29 is 0 Å². The second-order valence-electron chi connectivity index (χ2n) is 7.38. The average Bonchev–Trinajstić information content (AvgIpc) is 2.81. The van der Waals surface area contributed by atoms with E-state index in [0.717, 1.165) is 17.8 Å². The van der Waals surface area contributed by atoms with Crippen LogP contribution in [0, 0.1) is 0 Å². The van der Waals surface area contributed by atoms with E-state index in [4.69, 9.17) is 0 Å². The Morgan fingerprint density at radius 2 is 1.52 bits per heavy atom. The number of halogens is 1. The molecule has 2 fully saturated rings. The summed E-state index contributed by atoms with van der Waals surface area (Å²) in [5.41, 5.74) is 7.69. The third kappa shape index (κ3) is 2.85. The first-order valence-electron chi connectivity index (χ1n) is 9.05. The zero-order valence-electron chi connectivity index (χ0n) is 14.6. The maximum absolute atomic E-state index is 2.63. The summed E-state index contributed by atoms with van der Waals surface area (Å²) in [6.07, 6.45) is 5.23. The standard InChI is InChI=1S/C22H23NS.ClH/c1-23-17-10-11-18(23)13-16(12-17)22-19-7-3-2-6-15(19)14-24-21-9-5-4-8-20(21)22;/h2-9,17-18H,10-14H2,1H3;1H/t17-,18+;. The van der Waals surface area contributed by atoms with Crippen LogP contribution in [0.5, 0.6) is 0 Å². The van der Waals surface area contributed by atoms with Gasteiger partial charge in [0, 0.05) is 22.7 Å². The Kier molecular flexibility index (Phi) is 4.70. The molecule has 0 aromatic heterocycles. The molecule has 3 heterocycles. The molecule has 0 unspecified atom stereocenters. The van der Waals surface area contributed by atoms with Gasteiger partial charge in [-0.25, -0.2) is 0 Å². The van der Waals surface area contributed by atoms with Crippen LogP contribution in [0.4, 0.5) is 0 Å². The molecule has 2 aromatic carbocycles. The number of rotatable bonds is 0. The van der Waals surface area contributed by atoms with Crippen LogP contribution in [0.3, 0.4) is 0 Å². The summed E-state index contributed by atoms with van der Waals surface area (Å²) in [5, 5.41) is 0. The number of benzene rings is 2. The van der Waals surface area contributed by atoms with Crippen LogP contribution < -0.4 is 0 Å². The first kappa shape index (κ1) is 17.2. The average molecular weight is 370 g/mol. The fraction of sp³-hybridized carbons (Fsp3) is 0.364. The van der Waals surface area contributed by atoms with Crippen molar-refractivity contribution in [2.75, 3.05) is 7.05 Å². The van der Waals surface area contributed by atoms with E-state index in [1.165, 1.54) is 47.3 Å². The van der Waals surface area contributed by atoms with E-state index >= 15 is 0 Å². The van der Waals surface area contributed by atoms with Crippen molar-refractivity contribution in [3.05, 3.63) is 70.8 Å². The summed E-state index contributed by atoms with van der Waals surface area (Å²) in [6.45, 7) is 0. The first-order valence-corrected chi connectivity index (χ1v) is 10.0. The smallest absolute Gasteiger partial charge is 0.0238 e. The Morgan fingerprint density at radius 3 is 2.28 bits per heavy atom. The fourth-order valence-electron chi connectivity index (χ4n) is 4.81. The lowest BCUT2D eigenvalue weighted by Gasteiger charge is -2.34. The predicted molar refractivity (Wildman–Crippen MR) is 110 cm³/mol. The third-order valence-corrected chi connectivity index (χ3v) is 7.25. The highest BCUT2D eigenvalue weighted by Gasteiger charge is 2.37. The van der Waals surface area contributed by atoms with Crippen molar-refractivity contribution in [1.29, 1.82) is 0 Å². The van der Waals surface area contributed by atoms with Gasteiger partial charge >= 0.3 is 0 Å². The summed E-state index contributed by atoms with van der Waals surface area (Å²) in [6, 6.07) is 19.6. The van der Waals surface area contributed by atoms with Gasteiger partial charge in [-0.2, -0.15) is 0 Å². The lowest BCUT2D eigenvalue weighted by molar-refractivity contribution is 0.210. The van der Waals surface area contributed by atoms with Gasteiger partial charge < -0.3 is 0 Å². The summed E-state index contributed by atoms with van der Waals surface area (Å²) in [7, 11) is 2.33. The van der Waals surface area contributed by atoms with E-state index in [9.17, 15) is 0 Å². The molecule has 0 radical (unpaired) electrons. The topological polar surface area (TPSA) is 3.24 Å². The molecule has 0 aliphatic carbocycles. The second-order valence-corrected chi connectivity index (χ2v) is 8.40. The lowest BCUT2D eigenvalue weighted by atomic mass is 9.84. The maximum atomic E-state index is 2.63. The molecule has 2 saturated heterocycles. The van der Waals surface area contributed by atoms with Gasteiger partial charge in [0.05, 0.1) is 0 Å². The van der Waals surface area contributed by atoms with E-state index in [1.807, 2.05) is 11.8 Å². The molecule has 3 aliphatic heterocycles. The number of piperidine rings is 1. The summed E-state index contributed by atoms with van der Waals surface area (Å²) < 4.78 is 0. The van der Waals surface area contributed by atoms with Crippen LogP contribution in [0.15, 0.2) is 59.0 Å². The highest BCUT2D eigenvalue weighted by atomic mass is 35.5. The molecule has 0 spiro atoms. The summed E-state index contributed by atoms with van der Waals surface area (Å²) in [4.78, 5) is 4.08. The van der Waals surface area contributed by atoms with Crippen molar-refractivity contribution in [2.24, 2.45) is 0 Å². The van der Waals surface area contributed by atoms with Crippen LogP contribution in [0.25, 0.3) is 5.57 Å². The number of thioether (sulfide) groups is 1. The number of fused-ring (bicyclic) bond motifs is 4. The minimum Gasteiger partial charge on any atom is -0.300 e. The van der Waals surface area contributed by atoms with Gasteiger partial charge in [0.25, 0.3) is 0 Å². The molecule has 130 valence electrons. The first-order chi connectivity index (χ1) is 11.8. The SMILES string of the molecule is CN1[C@@H]2CC[C@H]1CC(=C1c3ccccc3CSc3ccccc31)C2.Cl. The zero-order valence-corrected chi connectivity index (χ0v) is 16.2. The molecule has 3 heteroatoms. The quantitative estimate of drug-likeness (QED) is 0.579. The highest BCUT2D eigenvalue weighted by Crippen LogP contribution is 2.46. The Bertz CT molecular complexity index is 763. The Labute approximate surface area is 160 Å². The van der Waals surface area contributed by atoms with E-state index in [1.54, 1.807) is 11.1 Å². The van der Waals surface area contributed by atoms with E-state index < -0.39 is 0 Å². The molecule has 2 atom stereocenters.